The van der Waals surface area contributed by atoms with E-state index in [2.05, 4.69) is 88.7 Å². The monoisotopic (exact) mass is 1350 g/mol. The summed E-state index contributed by atoms with van der Waals surface area (Å²) in [7, 11) is 0. The zero-order chi connectivity index (χ0) is 66.6. The van der Waals surface area contributed by atoms with Crippen molar-refractivity contribution in [3.8, 4) is 33.9 Å². The summed E-state index contributed by atoms with van der Waals surface area (Å²) in [5, 5.41) is 51.3. The summed E-state index contributed by atoms with van der Waals surface area (Å²) in [5.41, 5.74) is 11.9. The molecule has 3 aliphatic rings. The third-order valence-corrected chi connectivity index (χ3v) is 17.4. The van der Waals surface area contributed by atoms with E-state index in [4.69, 9.17) is 20.3 Å². The molecule has 27 heteroatoms. The normalized spacial score (nSPS) is 18.0. The average molecular weight is 1350 g/mol. The van der Waals surface area contributed by atoms with Gasteiger partial charge in [0.05, 0.1) is 13.2 Å². The molecule has 1 saturated heterocycles. The van der Waals surface area contributed by atoms with Gasteiger partial charge in [0.1, 0.15) is 17.7 Å². The first-order chi connectivity index (χ1) is 45.3. The number of benzene rings is 5. The highest BCUT2D eigenvalue weighted by Gasteiger charge is 2.37. The van der Waals surface area contributed by atoms with Gasteiger partial charge >= 0.3 is 12.2 Å². The number of carbonyl (C=O) groups is 7. The van der Waals surface area contributed by atoms with Crippen LogP contribution in [0.1, 0.15) is 93.6 Å². The van der Waals surface area contributed by atoms with Gasteiger partial charge in [0.2, 0.25) is 35.3 Å². The number of nitrogens with one attached hydrogen (secondary N) is 7. The number of amides is 7. The van der Waals surface area contributed by atoms with Crippen LogP contribution in [0.15, 0.2) is 126 Å². The topological polar surface area (TPSA) is 360 Å². The molecule has 3 fully saturated rings. The quantitative estimate of drug-likeness (QED) is 0.0296. The van der Waals surface area contributed by atoms with Gasteiger partial charge in [0, 0.05) is 96.5 Å². The van der Waals surface area contributed by atoms with E-state index < -0.39 is 35.8 Å². The van der Waals surface area contributed by atoms with E-state index in [1.54, 1.807) is 59.5 Å². The molecule has 10 N–H and O–H groups in total. The Bertz CT molecular complexity index is 3640. The summed E-state index contributed by atoms with van der Waals surface area (Å²) < 4.78 is 11.6. The molecule has 26 nitrogen and oxygen atoms in total. The van der Waals surface area contributed by atoms with Crippen LogP contribution in [0.5, 0.6) is 0 Å². The molecule has 0 unspecified atom stereocenters. The number of anilines is 2. The Morgan fingerprint density at radius 2 is 1.27 bits per heavy atom. The van der Waals surface area contributed by atoms with E-state index in [0.29, 0.717) is 87.1 Å². The molecule has 10 rings (SSSR count). The fraction of sp³-hybridized carbons (Fsp3) is 0.418. The first kappa shape index (κ1) is 68.9. The number of H-pyrrole nitrogens is 2. The number of carboxylic acid groups (broad SMARTS) is 1. The van der Waals surface area contributed by atoms with E-state index in [-0.39, 0.29) is 60.1 Å². The van der Waals surface area contributed by atoms with Crippen molar-refractivity contribution in [1.29, 1.82) is 0 Å². The number of carbonyl (C=O) groups excluding carboxylic acids is 6. The molecular weight excluding hydrogens is 1270 g/mol. The number of tetrazole rings is 2. The highest BCUT2D eigenvalue weighted by molar-refractivity contribution is 9.10. The van der Waals surface area contributed by atoms with Crippen LogP contribution < -0.4 is 37.2 Å². The smallest absolute Gasteiger partial charge is 0.407 e. The number of hydrogen-bond donors (Lipinski definition) is 9. The highest BCUT2D eigenvalue weighted by Crippen LogP contribution is 2.34. The Balaban J connectivity index is 0.000000229. The van der Waals surface area contributed by atoms with E-state index in [1.165, 1.54) is 0 Å². The molecule has 5 aromatic carbocycles. The molecule has 2 saturated carbocycles. The minimum absolute atomic E-state index is 0.144. The van der Waals surface area contributed by atoms with Crippen LogP contribution >= 0.6 is 15.9 Å². The fourth-order valence-electron chi connectivity index (χ4n) is 11.9. The molecule has 1 aliphatic heterocycles. The van der Waals surface area contributed by atoms with Gasteiger partial charge in [0.25, 0.3) is 5.91 Å². The summed E-state index contributed by atoms with van der Waals surface area (Å²) in [4.78, 5) is 94.3. The van der Waals surface area contributed by atoms with Crippen molar-refractivity contribution in [3.63, 3.8) is 0 Å². The fourth-order valence-corrected chi connectivity index (χ4v) is 12.3. The summed E-state index contributed by atoms with van der Waals surface area (Å²) in [6.07, 6.45) is 4.46. The van der Waals surface area contributed by atoms with Gasteiger partial charge in [-0.05, 0) is 189 Å². The van der Waals surface area contributed by atoms with E-state index in [0.717, 1.165) is 83.2 Å². The maximum Gasteiger partial charge on any atom is 0.407 e. The van der Waals surface area contributed by atoms with Crippen molar-refractivity contribution in [2.45, 2.75) is 103 Å². The average Bonchev–Trinajstić information content (AvgIpc) is 0.847. The second-order valence-electron chi connectivity index (χ2n) is 24.8. The molecule has 94 heavy (non-hydrogen) atoms. The van der Waals surface area contributed by atoms with Crippen molar-refractivity contribution < 1.29 is 48.1 Å². The number of nitrogens with two attached hydrogens (primary N) is 1. The van der Waals surface area contributed by atoms with Gasteiger partial charge in [0.15, 0.2) is 0 Å². The highest BCUT2D eigenvalue weighted by atomic mass is 79.9. The van der Waals surface area contributed by atoms with Crippen LogP contribution in [-0.4, -0.2) is 163 Å². The molecule has 7 amide bonds. The molecule has 0 spiro atoms. The third kappa shape index (κ3) is 20.5. The molecule has 0 bridgehead atoms. The predicted molar refractivity (Wildman–Crippen MR) is 354 cm³/mol. The summed E-state index contributed by atoms with van der Waals surface area (Å²) in [6.45, 7) is 10.8. The second-order valence-corrected chi connectivity index (χ2v) is 25.7. The van der Waals surface area contributed by atoms with Crippen LogP contribution in [0.3, 0.4) is 0 Å². The maximum atomic E-state index is 14.1. The van der Waals surface area contributed by atoms with Crippen LogP contribution in [0.4, 0.5) is 21.0 Å². The molecule has 7 aromatic rings. The van der Waals surface area contributed by atoms with Crippen molar-refractivity contribution in [2.75, 3.05) is 62.7 Å². The number of halogens is 1. The lowest BCUT2D eigenvalue weighted by atomic mass is 9.81. The lowest BCUT2D eigenvalue weighted by Gasteiger charge is -2.36. The van der Waals surface area contributed by atoms with Crippen molar-refractivity contribution >= 4 is 69.0 Å². The number of nitrogens with zero attached hydrogens (tertiary/aromatic N) is 8. The van der Waals surface area contributed by atoms with Crippen molar-refractivity contribution in [1.82, 2.24) is 67.4 Å². The minimum atomic E-state index is -1.06. The number of ether oxygens (including phenoxy) is 2. The summed E-state index contributed by atoms with van der Waals surface area (Å²) in [5.74, 6) is -0.751. The summed E-state index contributed by atoms with van der Waals surface area (Å²) >= 11 is 3.48. The first-order valence-corrected chi connectivity index (χ1v) is 32.5. The number of aromatic nitrogens is 8. The third-order valence-electron chi connectivity index (χ3n) is 16.9. The molecule has 2 atom stereocenters. The van der Waals surface area contributed by atoms with Gasteiger partial charge in [-0.2, -0.15) is 10.4 Å². The molecule has 496 valence electrons. The van der Waals surface area contributed by atoms with E-state index in [1.807, 2.05) is 87.5 Å². The number of rotatable bonds is 23. The Labute approximate surface area is 553 Å². The van der Waals surface area contributed by atoms with Gasteiger partial charge in [-0.15, -0.1) is 20.4 Å². The number of hydrogen-bond acceptors (Lipinski definition) is 16. The Morgan fingerprint density at radius 3 is 1.85 bits per heavy atom. The number of aromatic amines is 2. The van der Waals surface area contributed by atoms with E-state index >= 15 is 0 Å². The molecular formula is C67H81BrN16O10. The lowest BCUT2D eigenvalue weighted by molar-refractivity contribution is -0.130. The van der Waals surface area contributed by atoms with Gasteiger partial charge in [-0.3, -0.25) is 33.8 Å². The van der Waals surface area contributed by atoms with Crippen LogP contribution in [0, 0.1) is 23.7 Å². The Kier molecular flexibility index (Phi) is 24.5. The van der Waals surface area contributed by atoms with Crippen LogP contribution in [-0.2, 0) is 41.5 Å². The first-order valence-electron chi connectivity index (χ1n) is 31.7. The number of alkyl carbamates (subject to hydrolysis) is 1. The second kappa shape index (κ2) is 33.4. The van der Waals surface area contributed by atoms with E-state index in [9.17, 15) is 33.6 Å². The Hall–Kier alpha value is -9.47. The molecule has 3 heterocycles. The lowest BCUT2D eigenvalue weighted by Crippen LogP contribution is -2.52. The maximum absolute atomic E-state index is 14.1. The minimum Gasteiger partial charge on any atom is -0.465 e. The van der Waals surface area contributed by atoms with Crippen LogP contribution in [0.2, 0.25) is 0 Å². The SMILES string of the molecule is CC(C)(C)OC(=O)NCC1CCC(C(=O)N(c2ccc(-c3nn[nH]n3)cc2)[C@@H](Cc2cccc(Br)c2)C(N)=O)CC1.O=C(O)NCC1CCC(C(=O)N[C@@H](Cc2cccc(-c3cccc(C(=O)NCCN4CCOCC4)c3)c2)C(=O)Nc2ccc(-c3nn[nH]n3)cc2)CC1. The standard InChI is InChI=1S/C38H45N9O6.C29H36BrN7O4/c48-35(39-15-16-47-17-19-53-20-18-47)31-6-2-5-30(23-31)29-4-1-3-26(21-29)22-33(42-36(49)28-9-7-25(8-10-28)24-40-38(51)52)37(50)41-32-13-11-27(12-14-32)34-43-45-46-44-34;1-29(2,3)41-28(40)32-17-18-7-9-21(10-8-18)27(39)37(23-13-11-20(12-14-23)26-33-35-36-34-26)24(25(31)38)16-19-5-4-6-22(30)15-19/h1-6,11-14,21,23,25,28,33,40H,7-10,15-20,22,24H2,(H,39,48)(H,41,50)(H,42,49)(H,51,52)(H,43,44,45,46);4-6,11-15,18,21,24H,7-10,16-17H2,1-3H3,(H2,31,38)(H,32,40)(H,33,34,35,36)/t25?,28?,33-;18?,21?,24-/m00/s1. The van der Waals surface area contributed by atoms with Gasteiger partial charge < -0.3 is 46.9 Å². The van der Waals surface area contributed by atoms with Crippen molar-refractivity contribution in [3.05, 3.63) is 142 Å². The molecule has 2 aliphatic carbocycles. The largest absolute Gasteiger partial charge is 0.465 e. The van der Waals surface area contributed by atoms with Crippen LogP contribution in [0.25, 0.3) is 33.9 Å². The number of morpholine rings is 1. The zero-order valence-electron chi connectivity index (χ0n) is 52.9. The predicted octanol–water partition coefficient (Wildman–Crippen LogP) is 7.73. The van der Waals surface area contributed by atoms with Crippen molar-refractivity contribution in [2.24, 2.45) is 29.4 Å². The number of primary amides is 1. The summed E-state index contributed by atoms with van der Waals surface area (Å²) in [6, 6.07) is 35.2. The molecule has 0 radical (unpaired) electrons. The Morgan fingerprint density at radius 1 is 0.691 bits per heavy atom. The van der Waals surface area contributed by atoms with Gasteiger partial charge in [-0.25, -0.2) is 9.59 Å². The molecule has 2 aromatic heterocycles. The van der Waals surface area contributed by atoms with Gasteiger partial charge in [-0.1, -0.05) is 64.5 Å². The zero-order valence-corrected chi connectivity index (χ0v) is 54.5.